The summed E-state index contributed by atoms with van der Waals surface area (Å²) in [5, 5.41) is 13.9. The summed E-state index contributed by atoms with van der Waals surface area (Å²) in [5.41, 5.74) is 0. The van der Waals surface area contributed by atoms with Gasteiger partial charge in [-0.3, -0.25) is 0 Å². The molecule has 0 bridgehead atoms. The molecule has 0 aliphatic rings. The van der Waals surface area contributed by atoms with E-state index in [9.17, 15) is 4.79 Å². The van der Waals surface area contributed by atoms with E-state index in [0.717, 1.165) is 0 Å². The lowest BCUT2D eigenvalue weighted by atomic mass is 10.1. The average molecular weight is 183 g/mol. The van der Waals surface area contributed by atoms with Crippen molar-refractivity contribution in [2.24, 2.45) is 5.92 Å². The highest BCUT2D eigenvalue weighted by Gasteiger charge is 2.14. The second-order valence-electron chi connectivity index (χ2n) is 3.62. The van der Waals surface area contributed by atoms with E-state index >= 15 is 0 Å². The van der Waals surface area contributed by atoms with Crippen LogP contribution in [0.15, 0.2) is 0 Å². The minimum Gasteiger partial charge on any atom is -0.336 e. The summed E-state index contributed by atoms with van der Waals surface area (Å²) >= 11 is 0. The molecule has 0 heterocycles. The molecule has 2 amide bonds. The molecule has 74 valence electrons. The minimum atomic E-state index is -0.418. The first kappa shape index (κ1) is 11.8. The van der Waals surface area contributed by atoms with Crippen LogP contribution in [0.3, 0.4) is 0 Å². The quantitative estimate of drug-likeness (QED) is 0.691. The smallest absolute Gasteiger partial charge is 0.316 e. The minimum absolute atomic E-state index is 0.0894. The van der Waals surface area contributed by atoms with E-state index in [4.69, 9.17) is 5.26 Å². The number of nitrogens with one attached hydrogen (secondary N) is 2. The van der Waals surface area contributed by atoms with E-state index in [1.807, 2.05) is 33.8 Å². The number of urea groups is 1. The zero-order chi connectivity index (χ0) is 10.4. The molecule has 0 saturated heterocycles. The van der Waals surface area contributed by atoms with Crippen molar-refractivity contribution in [3.05, 3.63) is 0 Å². The molecule has 0 rings (SSSR count). The molecule has 0 aliphatic carbocycles. The molecular weight excluding hydrogens is 166 g/mol. The first-order valence-electron chi connectivity index (χ1n) is 4.44. The number of amides is 2. The second kappa shape index (κ2) is 5.41. The van der Waals surface area contributed by atoms with Crippen LogP contribution in [0.1, 0.15) is 27.7 Å². The second-order valence-corrected chi connectivity index (χ2v) is 3.62. The SMILES string of the molecule is CC(C)NC(=O)NC(C#N)C(C)C. The molecule has 13 heavy (non-hydrogen) atoms. The van der Waals surface area contributed by atoms with Crippen molar-refractivity contribution in [1.29, 1.82) is 5.26 Å². The number of rotatable bonds is 3. The van der Waals surface area contributed by atoms with Crippen molar-refractivity contribution >= 4 is 6.03 Å². The first-order valence-corrected chi connectivity index (χ1v) is 4.44. The van der Waals surface area contributed by atoms with Crippen molar-refractivity contribution < 1.29 is 4.79 Å². The van der Waals surface area contributed by atoms with Gasteiger partial charge in [-0.25, -0.2) is 4.79 Å². The Balaban J connectivity index is 3.97. The molecule has 0 aromatic rings. The van der Waals surface area contributed by atoms with Gasteiger partial charge in [-0.1, -0.05) is 13.8 Å². The fourth-order valence-corrected chi connectivity index (χ4v) is 0.793. The van der Waals surface area contributed by atoms with Gasteiger partial charge in [0.2, 0.25) is 0 Å². The van der Waals surface area contributed by atoms with Gasteiger partial charge in [-0.15, -0.1) is 0 Å². The maximum absolute atomic E-state index is 11.2. The molecule has 0 aromatic heterocycles. The maximum Gasteiger partial charge on any atom is 0.316 e. The van der Waals surface area contributed by atoms with Gasteiger partial charge in [-0.2, -0.15) is 5.26 Å². The van der Waals surface area contributed by atoms with Crippen molar-refractivity contribution in [3.63, 3.8) is 0 Å². The molecule has 2 N–H and O–H groups in total. The van der Waals surface area contributed by atoms with Crippen LogP contribution in [-0.4, -0.2) is 18.1 Å². The molecule has 0 aromatic carbocycles. The molecular formula is C9H17N3O. The summed E-state index contributed by atoms with van der Waals surface area (Å²) < 4.78 is 0. The van der Waals surface area contributed by atoms with Crippen molar-refractivity contribution in [2.45, 2.75) is 39.8 Å². The number of hydrogen-bond donors (Lipinski definition) is 2. The monoisotopic (exact) mass is 183 g/mol. The summed E-state index contributed by atoms with van der Waals surface area (Å²) in [7, 11) is 0. The Labute approximate surface area is 79.3 Å². The van der Waals surface area contributed by atoms with E-state index in [2.05, 4.69) is 10.6 Å². The van der Waals surface area contributed by atoms with Crippen LogP contribution >= 0.6 is 0 Å². The van der Waals surface area contributed by atoms with E-state index in [1.165, 1.54) is 0 Å². The number of hydrogen-bond acceptors (Lipinski definition) is 2. The number of carbonyl (C=O) groups excluding carboxylic acids is 1. The predicted molar refractivity (Wildman–Crippen MR) is 51.0 cm³/mol. The fraction of sp³-hybridized carbons (Fsp3) is 0.778. The Morgan fingerprint density at radius 3 is 2.08 bits per heavy atom. The Morgan fingerprint density at radius 2 is 1.77 bits per heavy atom. The van der Waals surface area contributed by atoms with Crippen LogP contribution in [0.25, 0.3) is 0 Å². The maximum atomic E-state index is 11.2. The summed E-state index contributed by atoms with van der Waals surface area (Å²) in [4.78, 5) is 11.2. The number of nitrogens with zero attached hydrogens (tertiary/aromatic N) is 1. The summed E-state index contributed by atoms with van der Waals surface area (Å²) in [6, 6.07) is 1.42. The van der Waals surface area contributed by atoms with E-state index < -0.39 is 6.04 Å². The van der Waals surface area contributed by atoms with Crippen LogP contribution < -0.4 is 10.6 Å². The number of nitriles is 1. The lowest BCUT2D eigenvalue weighted by Crippen LogP contribution is -2.45. The Morgan fingerprint density at radius 1 is 1.23 bits per heavy atom. The van der Waals surface area contributed by atoms with Crippen LogP contribution in [0.5, 0.6) is 0 Å². The lowest BCUT2D eigenvalue weighted by molar-refractivity contribution is 0.234. The van der Waals surface area contributed by atoms with Crippen LogP contribution in [0, 0.1) is 17.2 Å². The highest BCUT2D eigenvalue weighted by Crippen LogP contribution is 1.99. The summed E-state index contributed by atoms with van der Waals surface area (Å²) in [6.07, 6.45) is 0. The van der Waals surface area contributed by atoms with Crippen LogP contribution in [0.4, 0.5) is 4.79 Å². The van der Waals surface area contributed by atoms with Gasteiger partial charge in [0.1, 0.15) is 6.04 Å². The van der Waals surface area contributed by atoms with Crippen LogP contribution in [0.2, 0.25) is 0 Å². The third kappa shape index (κ3) is 5.07. The summed E-state index contributed by atoms with van der Waals surface area (Å²) in [5.74, 6) is 0.128. The van der Waals surface area contributed by atoms with Gasteiger partial charge in [0.15, 0.2) is 0 Å². The van der Waals surface area contributed by atoms with Gasteiger partial charge < -0.3 is 10.6 Å². The Hall–Kier alpha value is -1.24. The number of carbonyl (C=O) groups is 1. The molecule has 1 atom stereocenters. The normalized spacial score (nSPS) is 12.4. The average Bonchev–Trinajstić information content (AvgIpc) is 1.98. The highest BCUT2D eigenvalue weighted by atomic mass is 16.2. The molecule has 0 spiro atoms. The standard InChI is InChI=1S/C9H17N3O/c1-6(2)8(5-10)12-9(13)11-7(3)4/h6-8H,1-4H3,(H2,11,12,13). The van der Waals surface area contributed by atoms with Gasteiger partial charge >= 0.3 is 6.03 Å². The van der Waals surface area contributed by atoms with Gasteiger partial charge in [0.25, 0.3) is 0 Å². The van der Waals surface area contributed by atoms with Gasteiger partial charge in [0, 0.05) is 6.04 Å². The van der Waals surface area contributed by atoms with Crippen LogP contribution in [-0.2, 0) is 0 Å². The first-order chi connectivity index (χ1) is 5.97. The highest BCUT2D eigenvalue weighted by molar-refractivity contribution is 5.74. The molecule has 4 nitrogen and oxygen atoms in total. The third-order valence-electron chi connectivity index (χ3n) is 1.51. The largest absolute Gasteiger partial charge is 0.336 e. The zero-order valence-electron chi connectivity index (χ0n) is 8.59. The molecule has 0 radical (unpaired) electrons. The zero-order valence-corrected chi connectivity index (χ0v) is 8.59. The molecule has 0 fully saturated rings. The molecule has 0 saturated carbocycles. The predicted octanol–water partition coefficient (Wildman–Crippen LogP) is 1.24. The van der Waals surface area contributed by atoms with Crippen molar-refractivity contribution in [1.82, 2.24) is 10.6 Å². The summed E-state index contributed by atoms with van der Waals surface area (Å²) in [6.45, 7) is 7.53. The lowest BCUT2D eigenvalue weighted by Gasteiger charge is -2.16. The van der Waals surface area contributed by atoms with Gasteiger partial charge in [0.05, 0.1) is 6.07 Å². The Kier molecular flexibility index (Phi) is 4.90. The van der Waals surface area contributed by atoms with E-state index in [1.54, 1.807) is 0 Å². The van der Waals surface area contributed by atoms with Gasteiger partial charge in [-0.05, 0) is 19.8 Å². The molecule has 4 heteroatoms. The van der Waals surface area contributed by atoms with E-state index in [0.29, 0.717) is 0 Å². The molecule has 1 unspecified atom stereocenters. The molecule has 0 aliphatic heterocycles. The topological polar surface area (TPSA) is 64.9 Å². The van der Waals surface area contributed by atoms with Crippen molar-refractivity contribution in [3.8, 4) is 6.07 Å². The van der Waals surface area contributed by atoms with E-state index in [-0.39, 0.29) is 18.0 Å². The van der Waals surface area contributed by atoms with Crippen molar-refractivity contribution in [2.75, 3.05) is 0 Å². The third-order valence-corrected chi connectivity index (χ3v) is 1.51. The Bertz CT molecular complexity index is 205. The fourth-order valence-electron chi connectivity index (χ4n) is 0.793.